The van der Waals surface area contributed by atoms with Crippen molar-refractivity contribution in [3.05, 3.63) is 29.8 Å². The summed E-state index contributed by atoms with van der Waals surface area (Å²) in [7, 11) is -0.673. The average Bonchev–Trinajstić information content (AvgIpc) is 2.45. The number of nitrogens with one attached hydrogen (secondary N) is 1. The van der Waals surface area contributed by atoms with E-state index in [9.17, 15) is 18.0 Å². The van der Waals surface area contributed by atoms with Gasteiger partial charge in [-0.3, -0.25) is 9.59 Å². The standard InChI is InChI=1S/C13H18N2O5S/c1-4-20-12(16)9-14-13(17)10-5-7-11(8-6-10)21(18,19)15(2)3/h5-8H,4,9H2,1-3H3,(H,14,17). The molecular weight excluding hydrogens is 296 g/mol. The molecule has 21 heavy (non-hydrogen) atoms. The molecule has 0 aromatic heterocycles. The van der Waals surface area contributed by atoms with E-state index in [4.69, 9.17) is 0 Å². The lowest BCUT2D eigenvalue weighted by Crippen LogP contribution is -2.30. The van der Waals surface area contributed by atoms with Gasteiger partial charge in [0, 0.05) is 19.7 Å². The lowest BCUT2D eigenvalue weighted by Gasteiger charge is -2.11. The van der Waals surface area contributed by atoms with Crippen molar-refractivity contribution >= 4 is 21.9 Å². The van der Waals surface area contributed by atoms with Gasteiger partial charge in [0.15, 0.2) is 0 Å². The van der Waals surface area contributed by atoms with Crippen LogP contribution in [0.4, 0.5) is 0 Å². The lowest BCUT2D eigenvalue weighted by atomic mass is 10.2. The van der Waals surface area contributed by atoms with E-state index in [1.807, 2.05) is 0 Å². The first-order valence-electron chi connectivity index (χ1n) is 6.25. The van der Waals surface area contributed by atoms with Gasteiger partial charge in [-0.15, -0.1) is 0 Å². The minimum atomic E-state index is -3.52. The number of sulfonamides is 1. The Morgan fingerprint density at radius 2 is 1.76 bits per heavy atom. The third-order valence-electron chi connectivity index (χ3n) is 2.59. The molecule has 0 radical (unpaired) electrons. The van der Waals surface area contributed by atoms with Crippen molar-refractivity contribution in [3.63, 3.8) is 0 Å². The minimum Gasteiger partial charge on any atom is -0.465 e. The molecule has 0 saturated carbocycles. The predicted octanol–water partition coefficient (Wildman–Crippen LogP) is 0.230. The van der Waals surface area contributed by atoms with Gasteiger partial charge in [0.2, 0.25) is 10.0 Å². The van der Waals surface area contributed by atoms with E-state index in [0.717, 1.165) is 4.31 Å². The van der Waals surface area contributed by atoms with Gasteiger partial charge in [0.05, 0.1) is 11.5 Å². The fraction of sp³-hybridized carbons (Fsp3) is 0.385. The summed E-state index contributed by atoms with van der Waals surface area (Å²) in [6.07, 6.45) is 0. The number of nitrogens with zero attached hydrogens (tertiary/aromatic N) is 1. The Labute approximate surface area is 123 Å². The van der Waals surface area contributed by atoms with Gasteiger partial charge in [-0.25, -0.2) is 12.7 Å². The molecule has 0 aliphatic rings. The summed E-state index contributed by atoms with van der Waals surface area (Å²) in [6, 6.07) is 5.46. The maximum atomic E-state index is 11.9. The Kier molecular flexibility index (Phi) is 5.86. The summed E-state index contributed by atoms with van der Waals surface area (Å²) in [6.45, 7) is 1.68. The molecule has 0 aliphatic carbocycles. The van der Waals surface area contributed by atoms with E-state index in [1.54, 1.807) is 6.92 Å². The number of amides is 1. The predicted molar refractivity (Wildman–Crippen MR) is 76.3 cm³/mol. The normalized spacial score (nSPS) is 11.2. The van der Waals surface area contributed by atoms with E-state index in [2.05, 4.69) is 10.1 Å². The maximum absolute atomic E-state index is 11.9. The second-order valence-electron chi connectivity index (χ2n) is 4.30. The van der Waals surface area contributed by atoms with E-state index >= 15 is 0 Å². The molecule has 0 heterocycles. The number of esters is 1. The second-order valence-corrected chi connectivity index (χ2v) is 6.45. The number of hydrogen-bond donors (Lipinski definition) is 1. The molecule has 0 fully saturated rings. The fourth-order valence-corrected chi connectivity index (χ4v) is 2.36. The summed E-state index contributed by atoms with van der Waals surface area (Å²) in [4.78, 5) is 23.0. The lowest BCUT2D eigenvalue weighted by molar-refractivity contribution is -0.141. The molecule has 1 rings (SSSR count). The van der Waals surface area contributed by atoms with E-state index < -0.39 is 21.9 Å². The van der Waals surface area contributed by atoms with Crippen LogP contribution >= 0.6 is 0 Å². The van der Waals surface area contributed by atoms with Crippen LogP contribution < -0.4 is 5.32 Å². The van der Waals surface area contributed by atoms with Crippen LogP contribution in [0.1, 0.15) is 17.3 Å². The van der Waals surface area contributed by atoms with Crippen molar-refractivity contribution in [2.24, 2.45) is 0 Å². The zero-order valence-electron chi connectivity index (χ0n) is 12.1. The van der Waals surface area contributed by atoms with Crippen LogP contribution in [0.15, 0.2) is 29.2 Å². The van der Waals surface area contributed by atoms with Crippen LogP contribution in [0, 0.1) is 0 Å². The molecule has 0 bridgehead atoms. The summed E-state index contributed by atoms with van der Waals surface area (Å²) < 4.78 is 29.5. The van der Waals surface area contributed by atoms with Gasteiger partial charge < -0.3 is 10.1 Å². The smallest absolute Gasteiger partial charge is 0.325 e. The summed E-state index contributed by atoms with van der Waals surface area (Å²) in [5.74, 6) is -1.01. The van der Waals surface area contributed by atoms with E-state index in [-0.39, 0.29) is 23.6 Å². The second kappa shape index (κ2) is 7.19. The molecule has 116 valence electrons. The van der Waals surface area contributed by atoms with Gasteiger partial charge in [0.1, 0.15) is 6.54 Å². The Hall–Kier alpha value is -1.93. The van der Waals surface area contributed by atoms with Crippen molar-refractivity contribution in [2.75, 3.05) is 27.2 Å². The molecule has 1 amide bonds. The van der Waals surface area contributed by atoms with Gasteiger partial charge in [0.25, 0.3) is 5.91 Å². The summed E-state index contributed by atoms with van der Waals surface area (Å²) >= 11 is 0. The third kappa shape index (κ3) is 4.54. The van der Waals surface area contributed by atoms with Crippen LogP contribution in [-0.4, -0.2) is 51.8 Å². The number of carbonyl (C=O) groups is 2. The van der Waals surface area contributed by atoms with Crippen LogP contribution in [0.3, 0.4) is 0 Å². The molecule has 0 saturated heterocycles. The highest BCUT2D eigenvalue weighted by Gasteiger charge is 2.17. The third-order valence-corrected chi connectivity index (χ3v) is 4.42. The molecule has 1 aromatic carbocycles. The molecule has 0 atom stereocenters. The van der Waals surface area contributed by atoms with Crippen molar-refractivity contribution < 1.29 is 22.7 Å². The highest BCUT2D eigenvalue weighted by atomic mass is 32.2. The van der Waals surface area contributed by atoms with Crippen molar-refractivity contribution in [3.8, 4) is 0 Å². The Morgan fingerprint density at radius 1 is 1.19 bits per heavy atom. The zero-order valence-corrected chi connectivity index (χ0v) is 12.9. The van der Waals surface area contributed by atoms with Gasteiger partial charge in [-0.05, 0) is 31.2 Å². The van der Waals surface area contributed by atoms with Gasteiger partial charge in [-0.1, -0.05) is 0 Å². The average molecular weight is 314 g/mol. The topological polar surface area (TPSA) is 92.8 Å². The Balaban J connectivity index is 2.75. The molecule has 1 aromatic rings. The molecule has 0 unspecified atom stereocenters. The van der Waals surface area contributed by atoms with Gasteiger partial charge >= 0.3 is 5.97 Å². The van der Waals surface area contributed by atoms with Crippen molar-refractivity contribution in [2.45, 2.75) is 11.8 Å². The number of hydrogen-bond acceptors (Lipinski definition) is 5. The first-order chi connectivity index (χ1) is 9.78. The maximum Gasteiger partial charge on any atom is 0.325 e. The molecule has 1 N–H and O–H groups in total. The van der Waals surface area contributed by atoms with Crippen molar-refractivity contribution in [1.29, 1.82) is 0 Å². The number of carbonyl (C=O) groups excluding carboxylic acids is 2. The number of ether oxygens (including phenoxy) is 1. The minimum absolute atomic E-state index is 0.0921. The molecular formula is C13H18N2O5S. The van der Waals surface area contributed by atoms with E-state index in [0.29, 0.717) is 0 Å². The first-order valence-corrected chi connectivity index (χ1v) is 7.69. The molecule has 7 nitrogen and oxygen atoms in total. The van der Waals surface area contributed by atoms with Crippen molar-refractivity contribution in [1.82, 2.24) is 9.62 Å². The van der Waals surface area contributed by atoms with E-state index in [1.165, 1.54) is 38.4 Å². The highest BCUT2D eigenvalue weighted by Crippen LogP contribution is 2.13. The summed E-state index contributed by atoms with van der Waals surface area (Å²) in [5, 5.41) is 2.39. The van der Waals surface area contributed by atoms with Crippen LogP contribution in [-0.2, 0) is 19.6 Å². The largest absolute Gasteiger partial charge is 0.465 e. The monoisotopic (exact) mass is 314 g/mol. The highest BCUT2D eigenvalue weighted by molar-refractivity contribution is 7.89. The molecule has 8 heteroatoms. The molecule has 0 aliphatic heterocycles. The van der Waals surface area contributed by atoms with Gasteiger partial charge in [-0.2, -0.15) is 0 Å². The molecule has 0 spiro atoms. The summed E-state index contributed by atoms with van der Waals surface area (Å²) in [5.41, 5.74) is 0.261. The number of benzene rings is 1. The Bertz CT molecular complexity index is 608. The zero-order chi connectivity index (χ0) is 16.0. The number of rotatable bonds is 6. The first kappa shape index (κ1) is 17.1. The fourth-order valence-electron chi connectivity index (χ4n) is 1.46. The Morgan fingerprint density at radius 3 is 2.24 bits per heavy atom. The van der Waals surface area contributed by atoms with Crippen LogP contribution in [0.2, 0.25) is 0 Å². The van der Waals surface area contributed by atoms with Crippen LogP contribution in [0.5, 0.6) is 0 Å². The van der Waals surface area contributed by atoms with Crippen LogP contribution in [0.25, 0.3) is 0 Å². The quantitative estimate of drug-likeness (QED) is 0.759. The SMILES string of the molecule is CCOC(=O)CNC(=O)c1ccc(S(=O)(=O)N(C)C)cc1.